The molecule has 2 rings (SSSR count). The van der Waals surface area contributed by atoms with Gasteiger partial charge in [-0.2, -0.15) is 0 Å². The fourth-order valence-corrected chi connectivity index (χ4v) is 3.69. The lowest BCUT2D eigenvalue weighted by Crippen LogP contribution is -2.32. The van der Waals surface area contributed by atoms with Gasteiger partial charge in [0.25, 0.3) is 5.91 Å². The summed E-state index contributed by atoms with van der Waals surface area (Å²) in [7, 11) is -3.76. The number of benzene rings is 2. The summed E-state index contributed by atoms with van der Waals surface area (Å²) in [6.07, 6.45) is 0.444. The Hall–Kier alpha value is -2.96. The maximum atomic E-state index is 12.9. The number of carbonyl (C=O) groups is 3. The second kappa shape index (κ2) is 12.3. The predicted molar refractivity (Wildman–Crippen MR) is 122 cm³/mol. The number of nitrogens with two attached hydrogens (primary N) is 1. The first-order valence-corrected chi connectivity index (χ1v) is 12.4. The lowest BCUT2D eigenvalue weighted by atomic mass is 10.1. The number of sulfonamides is 1. The van der Waals surface area contributed by atoms with Crippen LogP contribution in [0.5, 0.6) is 0 Å². The van der Waals surface area contributed by atoms with E-state index in [0.717, 1.165) is 17.3 Å². The van der Waals surface area contributed by atoms with Crippen LogP contribution in [0.4, 0.5) is 10.1 Å². The number of hydrogen-bond donors (Lipinski definition) is 3. The minimum absolute atomic E-state index is 0.00197. The summed E-state index contributed by atoms with van der Waals surface area (Å²) < 4.78 is 40.3. The molecule has 178 valence electrons. The molecule has 2 aromatic carbocycles. The lowest BCUT2D eigenvalue weighted by Gasteiger charge is -2.12. The van der Waals surface area contributed by atoms with E-state index >= 15 is 0 Å². The van der Waals surface area contributed by atoms with E-state index in [9.17, 15) is 27.2 Å². The third-order valence-electron chi connectivity index (χ3n) is 4.26. The predicted octanol–water partition coefficient (Wildman–Crippen LogP) is 1.44. The van der Waals surface area contributed by atoms with Gasteiger partial charge in [-0.15, -0.1) is 11.8 Å². The van der Waals surface area contributed by atoms with Gasteiger partial charge in [-0.1, -0.05) is 12.1 Å². The highest BCUT2D eigenvalue weighted by atomic mass is 32.2. The Morgan fingerprint density at radius 2 is 1.70 bits per heavy atom. The van der Waals surface area contributed by atoms with Crippen molar-refractivity contribution in [3.05, 3.63) is 59.9 Å². The molecule has 12 heteroatoms. The van der Waals surface area contributed by atoms with Crippen LogP contribution < -0.4 is 15.8 Å². The molecule has 0 spiro atoms. The van der Waals surface area contributed by atoms with E-state index in [2.05, 4.69) is 10.6 Å². The quantitative estimate of drug-likeness (QED) is 0.398. The largest absolute Gasteiger partial charge is 0.455 e. The number of halogens is 1. The zero-order valence-corrected chi connectivity index (χ0v) is 19.4. The van der Waals surface area contributed by atoms with Crippen molar-refractivity contribution in [1.82, 2.24) is 5.32 Å². The van der Waals surface area contributed by atoms with Gasteiger partial charge >= 0.3 is 5.97 Å². The minimum Gasteiger partial charge on any atom is -0.455 e. The van der Waals surface area contributed by atoms with Crippen LogP contribution in [-0.4, -0.2) is 50.4 Å². The molecular formula is C21H24FN3O6S2. The van der Waals surface area contributed by atoms with Crippen molar-refractivity contribution in [1.29, 1.82) is 0 Å². The fraction of sp³-hybridized carbons (Fsp3) is 0.286. The van der Waals surface area contributed by atoms with Crippen molar-refractivity contribution in [2.45, 2.75) is 23.5 Å². The Kier molecular flexibility index (Phi) is 9.82. The molecule has 0 aliphatic carbocycles. The first-order valence-electron chi connectivity index (χ1n) is 9.76. The minimum atomic E-state index is -3.76. The first-order chi connectivity index (χ1) is 15.5. The highest BCUT2D eigenvalue weighted by Gasteiger charge is 2.18. The lowest BCUT2D eigenvalue weighted by molar-refractivity contribution is -0.147. The third kappa shape index (κ3) is 9.60. The molecule has 0 unspecified atom stereocenters. The number of amides is 2. The summed E-state index contributed by atoms with van der Waals surface area (Å²) in [5, 5.41) is 9.54. The molecule has 1 atom stereocenters. The summed E-state index contributed by atoms with van der Waals surface area (Å²) in [4.78, 5) is 35.8. The third-order valence-corrected chi connectivity index (χ3v) is 6.31. The van der Waals surface area contributed by atoms with Gasteiger partial charge in [0.2, 0.25) is 15.9 Å². The maximum Gasteiger partial charge on any atom is 0.319 e. The van der Waals surface area contributed by atoms with Crippen molar-refractivity contribution in [2.75, 3.05) is 24.2 Å². The Bertz CT molecular complexity index is 1080. The smallest absolute Gasteiger partial charge is 0.319 e. The Labute approximate surface area is 195 Å². The SMILES string of the molecule is C[C@@H](SCC(=O)Nc1ccc(F)cc1)C(=O)OCC(=O)NCCc1ccc(S(N)(=O)=O)cc1. The normalized spacial score (nSPS) is 12.0. The van der Waals surface area contributed by atoms with Crippen LogP contribution in [0.15, 0.2) is 53.4 Å². The number of ether oxygens (including phenoxy) is 1. The molecule has 0 saturated heterocycles. The van der Waals surface area contributed by atoms with E-state index < -0.39 is 39.6 Å². The molecule has 0 radical (unpaired) electrons. The van der Waals surface area contributed by atoms with Crippen LogP contribution in [0.1, 0.15) is 12.5 Å². The Morgan fingerprint density at radius 3 is 2.30 bits per heavy atom. The van der Waals surface area contributed by atoms with Gasteiger partial charge in [0.1, 0.15) is 11.1 Å². The van der Waals surface area contributed by atoms with E-state index in [1.165, 1.54) is 36.4 Å². The van der Waals surface area contributed by atoms with Crippen LogP contribution in [-0.2, 0) is 35.6 Å². The first kappa shape index (κ1) is 26.3. The fourth-order valence-electron chi connectivity index (χ4n) is 2.50. The second-order valence-corrected chi connectivity index (χ2v) is 9.80. The molecule has 2 amide bonds. The summed E-state index contributed by atoms with van der Waals surface area (Å²) in [5.41, 5.74) is 1.23. The van der Waals surface area contributed by atoms with E-state index in [1.54, 1.807) is 19.1 Å². The van der Waals surface area contributed by atoms with E-state index in [1.807, 2.05) is 0 Å². The molecule has 0 aliphatic rings. The number of carbonyl (C=O) groups excluding carboxylic acids is 3. The number of primary sulfonamides is 1. The number of hydrogen-bond acceptors (Lipinski definition) is 7. The van der Waals surface area contributed by atoms with E-state index in [0.29, 0.717) is 12.1 Å². The molecule has 4 N–H and O–H groups in total. The molecule has 0 aromatic heterocycles. The zero-order chi connectivity index (χ0) is 24.4. The molecule has 0 heterocycles. The van der Waals surface area contributed by atoms with Crippen molar-refractivity contribution in [2.24, 2.45) is 5.14 Å². The summed E-state index contributed by atoms with van der Waals surface area (Å²) >= 11 is 1.04. The van der Waals surface area contributed by atoms with Crippen molar-refractivity contribution < 1.29 is 31.9 Å². The van der Waals surface area contributed by atoms with E-state index in [4.69, 9.17) is 9.88 Å². The molecule has 0 aliphatic heterocycles. The summed E-state index contributed by atoms with van der Waals surface area (Å²) in [6.45, 7) is 1.36. The molecule has 9 nitrogen and oxygen atoms in total. The number of esters is 1. The van der Waals surface area contributed by atoms with Gasteiger partial charge in [-0.25, -0.2) is 17.9 Å². The van der Waals surface area contributed by atoms with Gasteiger partial charge in [0, 0.05) is 12.2 Å². The Balaban J connectivity index is 1.63. The molecular weight excluding hydrogens is 473 g/mol. The van der Waals surface area contributed by atoms with Gasteiger partial charge in [0.15, 0.2) is 6.61 Å². The number of thioether (sulfide) groups is 1. The molecule has 2 aromatic rings. The topological polar surface area (TPSA) is 145 Å². The summed E-state index contributed by atoms with van der Waals surface area (Å²) in [5.74, 6) is -1.92. The van der Waals surface area contributed by atoms with Crippen LogP contribution in [0.2, 0.25) is 0 Å². The van der Waals surface area contributed by atoms with Gasteiger partial charge in [-0.3, -0.25) is 14.4 Å². The van der Waals surface area contributed by atoms with Gasteiger partial charge in [0.05, 0.1) is 10.6 Å². The van der Waals surface area contributed by atoms with Crippen molar-refractivity contribution in [3.63, 3.8) is 0 Å². The number of nitrogens with one attached hydrogen (secondary N) is 2. The average molecular weight is 498 g/mol. The van der Waals surface area contributed by atoms with E-state index in [-0.39, 0.29) is 23.1 Å². The zero-order valence-electron chi connectivity index (χ0n) is 17.7. The average Bonchev–Trinajstić information content (AvgIpc) is 2.77. The van der Waals surface area contributed by atoms with Crippen molar-refractivity contribution >= 4 is 45.3 Å². The highest BCUT2D eigenvalue weighted by Crippen LogP contribution is 2.14. The maximum absolute atomic E-state index is 12.9. The van der Waals surface area contributed by atoms with Crippen molar-refractivity contribution in [3.8, 4) is 0 Å². The number of rotatable bonds is 11. The molecule has 0 fully saturated rings. The van der Waals surface area contributed by atoms with Crippen LogP contribution in [0, 0.1) is 5.82 Å². The Morgan fingerprint density at radius 1 is 1.06 bits per heavy atom. The standard InChI is InChI=1S/C21H24FN3O6S2/c1-14(32-13-20(27)25-17-6-4-16(22)5-7-17)21(28)31-12-19(26)24-11-10-15-2-8-18(9-3-15)33(23,29)30/h2-9,14H,10-13H2,1H3,(H,24,26)(H,25,27)(H2,23,29,30)/t14-/m1/s1. The van der Waals surface area contributed by atoms with Crippen LogP contribution >= 0.6 is 11.8 Å². The van der Waals surface area contributed by atoms with Gasteiger partial charge < -0.3 is 15.4 Å². The summed E-state index contributed by atoms with van der Waals surface area (Å²) in [6, 6.07) is 11.2. The molecule has 0 bridgehead atoms. The van der Waals surface area contributed by atoms with Crippen LogP contribution in [0.25, 0.3) is 0 Å². The number of anilines is 1. The molecule has 0 saturated carbocycles. The van der Waals surface area contributed by atoms with Gasteiger partial charge in [-0.05, 0) is 55.3 Å². The highest BCUT2D eigenvalue weighted by molar-refractivity contribution is 8.01. The molecule has 33 heavy (non-hydrogen) atoms. The van der Waals surface area contributed by atoms with Crippen LogP contribution in [0.3, 0.4) is 0 Å². The second-order valence-electron chi connectivity index (χ2n) is 6.90. The monoisotopic (exact) mass is 497 g/mol.